The largest absolute Gasteiger partial charge is 0.304 e. The topological polar surface area (TPSA) is 64.0 Å². The van der Waals surface area contributed by atoms with E-state index in [1.807, 2.05) is 12.1 Å². The van der Waals surface area contributed by atoms with Gasteiger partial charge in [0.25, 0.3) is 0 Å². The maximum Gasteiger partial charge on any atom is 0.233 e. The Balaban J connectivity index is 2.26. The van der Waals surface area contributed by atoms with E-state index < -0.39 is 10.0 Å². The van der Waals surface area contributed by atoms with Crippen LogP contribution < -0.4 is 4.72 Å². The van der Waals surface area contributed by atoms with Crippen LogP contribution in [-0.2, 0) is 10.0 Å². The number of benzene rings is 1. The fraction of sp³-hybridized carbons (Fsp3) is 0.308. The SMILES string of the molecule is CC(CCl)CS(=O)(=O)Nc1ccccc1-n1ccnc1. The molecule has 1 unspecified atom stereocenters. The summed E-state index contributed by atoms with van der Waals surface area (Å²) in [6.07, 6.45) is 5.02. The van der Waals surface area contributed by atoms with Gasteiger partial charge in [-0.25, -0.2) is 13.4 Å². The van der Waals surface area contributed by atoms with Crippen LogP contribution in [0.4, 0.5) is 5.69 Å². The van der Waals surface area contributed by atoms with Crippen LogP contribution in [0.5, 0.6) is 0 Å². The van der Waals surface area contributed by atoms with Gasteiger partial charge in [0.05, 0.1) is 23.5 Å². The van der Waals surface area contributed by atoms with Crippen molar-refractivity contribution in [1.82, 2.24) is 9.55 Å². The molecule has 2 aromatic rings. The van der Waals surface area contributed by atoms with E-state index in [4.69, 9.17) is 11.6 Å². The summed E-state index contributed by atoms with van der Waals surface area (Å²) in [4.78, 5) is 3.97. The van der Waals surface area contributed by atoms with Crippen molar-refractivity contribution in [3.63, 3.8) is 0 Å². The zero-order valence-corrected chi connectivity index (χ0v) is 12.6. The number of nitrogens with one attached hydrogen (secondary N) is 1. The van der Waals surface area contributed by atoms with E-state index in [-0.39, 0.29) is 11.7 Å². The monoisotopic (exact) mass is 313 g/mol. The summed E-state index contributed by atoms with van der Waals surface area (Å²) >= 11 is 5.67. The molecular formula is C13H16ClN3O2S. The number of imidazole rings is 1. The van der Waals surface area contributed by atoms with E-state index in [0.717, 1.165) is 5.69 Å². The number of nitrogens with zero attached hydrogens (tertiary/aromatic N) is 2. The molecule has 108 valence electrons. The molecule has 0 radical (unpaired) electrons. The third-order valence-corrected chi connectivity index (χ3v) is 4.79. The van der Waals surface area contributed by atoms with Crippen LogP contribution in [0.2, 0.25) is 0 Å². The van der Waals surface area contributed by atoms with Crippen LogP contribution >= 0.6 is 11.6 Å². The van der Waals surface area contributed by atoms with Gasteiger partial charge in [-0.05, 0) is 18.1 Å². The molecule has 0 aliphatic heterocycles. The maximum atomic E-state index is 12.1. The Labute approximate surface area is 123 Å². The van der Waals surface area contributed by atoms with Gasteiger partial charge in [0.2, 0.25) is 10.0 Å². The molecular weight excluding hydrogens is 298 g/mol. The molecule has 1 atom stereocenters. The average molecular weight is 314 g/mol. The highest BCUT2D eigenvalue weighted by Crippen LogP contribution is 2.21. The van der Waals surface area contributed by atoms with Gasteiger partial charge in [-0.2, -0.15) is 0 Å². The minimum atomic E-state index is -3.43. The first-order chi connectivity index (χ1) is 9.52. The molecule has 1 aromatic heterocycles. The van der Waals surface area contributed by atoms with Crippen molar-refractivity contribution in [2.24, 2.45) is 5.92 Å². The molecule has 0 saturated heterocycles. The Morgan fingerprint density at radius 1 is 1.40 bits per heavy atom. The Kier molecular flexibility index (Phi) is 4.67. The number of aromatic nitrogens is 2. The third-order valence-electron chi connectivity index (χ3n) is 2.72. The number of hydrogen-bond donors (Lipinski definition) is 1. The minimum absolute atomic E-state index is 0.00520. The van der Waals surface area contributed by atoms with Gasteiger partial charge in [0, 0.05) is 18.3 Å². The van der Waals surface area contributed by atoms with Gasteiger partial charge in [-0.3, -0.25) is 4.72 Å². The molecule has 0 aliphatic carbocycles. The Bertz CT molecular complexity index is 656. The highest BCUT2D eigenvalue weighted by molar-refractivity contribution is 7.92. The molecule has 1 aromatic carbocycles. The summed E-state index contributed by atoms with van der Waals surface area (Å²) in [5, 5.41) is 0. The van der Waals surface area contributed by atoms with Crippen molar-refractivity contribution in [2.45, 2.75) is 6.92 Å². The zero-order valence-electron chi connectivity index (χ0n) is 11.0. The second kappa shape index (κ2) is 6.28. The molecule has 0 fully saturated rings. The third kappa shape index (κ3) is 3.74. The Morgan fingerprint density at radius 3 is 2.80 bits per heavy atom. The fourth-order valence-electron chi connectivity index (χ4n) is 1.82. The predicted molar refractivity (Wildman–Crippen MR) is 80.9 cm³/mol. The van der Waals surface area contributed by atoms with Gasteiger partial charge in [0.15, 0.2) is 0 Å². The number of sulfonamides is 1. The normalized spacial score (nSPS) is 13.1. The number of alkyl halides is 1. The molecule has 5 nitrogen and oxygen atoms in total. The number of para-hydroxylation sites is 2. The van der Waals surface area contributed by atoms with Gasteiger partial charge < -0.3 is 4.57 Å². The van der Waals surface area contributed by atoms with E-state index in [0.29, 0.717) is 11.6 Å². The van der Waals surface area contributed by atoms with E-state index >= 15 is 0 Å². The smallest absolute Gasteiger partial charge is 0.233 e. The lowest BCUT2D eigenvalue weighted by Crippen LogP contribution is -2.22. The molecule has 0 bridgehead atoms. The highest BCUT2D eigenvalue weighted by Gasteiger charge is 2.17. The van der Waals surface area contributed by atoms with Crippen LogP contribution in [0.3, 0.4) is 0 Å². The molecule has 0 aliphatic rings. The van der Waals surface area contributed by atoms with Crippen molar-refractivity contribution in [3.05, 3.63) is 43.0 Å². The Morgan fingerprint density at radius 2 is 2.15 bits per heavy atom. The van der Waals surface area contributed by atoms with Gasteiger partial charge in [0.1, 0.15) is 0 Å². The first-order valence-electron chi connectivity index (χ1n) is 6.15. The summed E-state index contributed by atoms with van der Waals surface area (Å²) in [5.41, 5.74) is 1.25. The first-order valence-corrected chi connectivity index (χ1v) is 8.34. The second-order valence-corrected chi connectivity index (χ2v) is 6.71. The fourth-order valence-corrected chi connectivity index (χ4v) is 3.51. The van der Waals surface area contributed by atoms with E-state index in [1.165, 1.54) is 0 Å². The van der Waals surface area contributed by atoms with Crippen molar-refractivity contribution in [1.29, 1.82) is 0 Å². The lowest BCUT2D eigenvalue weighted by molar-refractivity contribution is 0.588. The quantitative estimate of drug-likeness (QED) is 0.833. The first kappa shape index (κ1) is 14.9. The second-order valence-electron chi connectivity index (χ2n) is 4.63. The van der Waals surface area contributed by atoms with E-state index in [1.54, 1.807) is 42.3 Å². The molecule has 0 saturated carbocycles. The standard InChI is InChI=1S/C13H16ClN3O2S/c1-11(8-14)9-20(18,19)16-12-4-2-3-5-13(12)17-7-6-15-10-17/h2-7,10-11,16H,8-9H2,1H3. The van der Waals surface area contributed by atoms with Crippen LogP contribution in [0.25, 0.3) is 5.69 Å². The highest BCUT2D eigenvalue weighted by atomic mass is 35.5. The van der Waals surface area contributed by atoms with Gasteiger partial charge in [-0.15, -0.1) is 11.6 Å². The van der Waals surface area contributed by atoms with Crippen LogP contribution in [-0.4, -0.2) is 29.6 Å². The maximum absolute atomic E-state index is 12.1. The van der Waals surface area contributed by atoms with Gasteiger partial charge in [-0.1, -0.05) is 19.1 Å². The molecule has 0 spiro atoms. The lowest BCUT2D eigenvalue weighted by atomic mass is 10.3. The molecule has 0 amide bonds. The van der Waals surface area contributed by atoms with E-state index in [2.05, 4.69) is 9.71 Å². The summed E-state index contributed by atoms with van der Waals surface area (Å²) in [7, 11) is -3.43. The van der Waals surface area contributed by atoms with Crippen LogP contribution in [0, 0.1) is 5.92 Å². The van der Waals surface area contributed by atoms with Crippen molar-refractivity contribution < 1.29 is 8.42 Å². The molecule has 2 rings (SSSR count). The number of rotatable bonds is 6. The van der Waals surface area contributed by atoms with Crippen LogP contribution in [0.15, 0.2) is 43.0 Å². The Hall–Kier alpha value is -1.53. The zero-order chi connectivity index (χ0) is 14.6. The summed E-state index contributed by atoms with van der Waals surface area (Å²) in [6.45, 7) is 1.80. The molecule has 1 heterocycles. The van der Waals surface area contributed by atoms with Crippen molar-refractivity contribution >= 4 is 27.3 Å². The molecule has 20 heavy (non-hydrogen) atoms. The average Bonchev–Trinajstić information content (AvgIpc) is 2.92. The van der Waals surface area contributed by atoms with Crippen molar-refractivity contribution in [3.8, 4) is 5.69 Å². The minimum Gasteiger partial charge on any atom is -0.304 e. The van der Waals surface area contributed by atoms with Gasteiger partial charge >= 0.3 is 0 Å². The number of hydrogen-bond acceptors (Lipinski definition) is 3. The predicted octanol–water partition coefficient (Wildman–Crippen LogP) is 2.49. The number of anilines is 1. The summed E-state index contributed by atoms with van der Waals surface area (Å²) in [5.74, 6) is 0.202. The summed E-state index contributed by atoms with van der Waals surface area (Å²) < 4.78 is 28.6. The van der Waals surface area contributed by atoms with E-state index in [9.17, 15) is 8.42 Å². The number of halogens is 1. The summed E-state index contributed by atoms with van der Waals surface area (Å²) in [6, 6.07) is 7.17. The van der Waals surface area contributed by atoms with Crippen LogP contribution in [0.1, 0.15) is 6.92 Å². The molecule has 7 heteroatoms. The van der Waals surface area contributed by atoms with Crippen molar-refractivity contribution in [2.75, 3.05) is 16.4 Å². The molecule has 1 N–H and O–H groups in total. The lowest BCUT2D eigenvalue weighted by Gasteiger charge is -2.14.